The van der Waals surface area contributed by atoms with Gasteiger partial charge in [-0.1, -0.05) is 0 Å². The van der Waals surface area contributed by atoms with E-state index in [1.165, 1.54) is 0 Å². The fourth-order valence-corrected chi connectivity index (χ4v) is 2.37. The minimum Gasteiger partial charge on any atom is -0.337 e. The smallest absolute Gasteiger partial charge is 0.180 e. The fourth-order valence-electron chi connectivity index (χ4n) is 2.37. The third-order valence-electron chi connectivity index (χ3n) is 3.38. The van der Waals surface area contributed by atoms with E-state index in [-0.39, 0.29) is 0 Å². The summed E-state index contributed by atoms with van der Waals surface area (Å²) in [5, 5.41) is 10.1. The van der Waals surface area contributed by atoms with Gasteiger partial charge in [-0.25, -0.2) is 9.97 Å². The molecule has 0 aliphatic rings. The van der Waals surface area contributed by atoms with Gasteiger partial charge in [0.05, 0.1) is 18.1 Å². The van der Waals surface area contributed by atoms with Crippen molar-refractivity contribution in [2.45, 2.75) is 6.92 Å². The minimum atomic E-state index is 0.697. The molecule has 0 radical (unpaired) electrons. The van der Waals surface area contributed by atoms with Crippen LogP contribution in [0.15, 0.2) is 49.3 Å². The van der Waals surface area contributed by atoms with E-state index in [4.69, 9.17) is 0 Å². The van der Waals surface area contributed by atoms with Gasteiger partial charge in [-0.2, -0.15) is 5.10 Å². The van der Waals surface area contributed by atoms with Crippen LogP contribution in [0.5, 0.6) is 0 Å². The van der Waals surface area contributed by atoms with E-state index in [9.17, 15) is 0 Å². The first-order chi connectivity index (χ1) is 10.8. The van der Waals surface area contributed by atoms with Crippen LogP contribution in [0.1, 0.15) is 5.69 Å². The average molecular weight is 291 g/mol. The molecule has 0 amide bonds. The van der Waals surface area contributed by atoms with Crippen LogP contribution >= 0.6 is 0 Å². The summed E-state index contributed by atoms with van der Waals surface area (Å²) in [4.78, 5) is 13.1. The Kier molecular flexibility index (Phi) is 2.82. The van der Waals surface area contributed by atoms with Gasteiger partial charge in [0.1, 0.15) is 0 Å². The molecule has 0 aromatic carbocycles. The van der Waals surface area contributed by atoms with Crippen molar-refractivity contribution in [3.8, 4) is 11.3 Å². The Labute approximate surface area is 126 Å². The van der Waals surface area contributed by atoms with Crippen LogP contribution in [-0.2, 0) is 0 Å². The number of nitrogens with zero attached hydrogens (tertiary/aromatic N) is 5. The van der Waals surface area contributed by atoms with Crippen LogP contribution in [-0.4, -0.2) is 29.5 Å². The number of hydrogen-bond acceptors (Lipinski definition) is 5. The molecule has 7 heteroatoms. The molecule has 2 N–H and O–H groups in total. The Morgan fingerprint density at radius 3 is 2.91 bits per heavy atom. The van der Waals surface area contributed by atoms with Gasteiger partial charge >= 0.3 is 0 Å². The van der Waals surface area contributed by atoms with Crippen molar-refractivity contribution in [1.82, 2.24) is 29.5 Å². The van der Waals surface area contributed by atoms with Gasteiger partial charge in [-0.15, -0.1) is 0 Å². The summed E-state index contributed by atoms with van der Waals surface area (Å²) in [7, 11) is 0. The number of rotatable bonds is 3. The van der Waals surface area contributed by atoms with Crippen LogP contribution in [0.4, 0.5) is 11.5 Å². The van der Waals surface area contributed by atoms with Crippen molar-refractivity contribution in [2.24, 2.45) is 0 Å². The zero-order valence-electron chi connectivity index (χ0n) is 11.9. The molecule has 4 aromatic heterocycles. The average Bonchev–Trinajstić information content (AvgIpc) is 3.16. The Morgan fingerprint density at radius 2 is 2.09 bits per heavy atom. The highest BCUT2D eigenvalue weighted by atomic mass is 15.1. The monoisotopic (exact) mass is 291 g/mol. The second-order valence-electron chi connectivity index (χ2n) is 4.91. The summed E-state index contributed by atoms with van der Waals surface area (Å²) in [5.41, 5.74) is 4.57. The molecule has 0 atom stereocenters. The first kappa shape index (κ1) is 12.5. The first-order valence-corrected chi connectivity index (χ1v) is 6.82. The van der Waals surface area contributed by atoms with Crippen LogP contribution in [0, 0.1) is 6.92 Å². The van der Waals surface area contributed by atoms with Gasteiger partial charge in [-0.05, 0) is 19.1 Å². The lowest BCUT2D eigenvalue weighted by Gasteiger charge is -2.07. The van der Waals surface area contributed by atoms with Gasteiger partial charge in [-0.3, -0.25) is 14.5 Å². The van der Waals surface area contributed by atoms with Crippen molar-refractivity contribution in [3.05, 3.63) is 55.0 Å². The fraction of sp³-hybridized carbons (Fsp3) is 0.0667. The lowest BCUT2D eigenvalue weighted by atomic mass is 10.3. The molecular formula is C15H13N7. The highest BCUT2D eigenvalue weighted by molar-refractivity contribution is 5.73. The molecule has 108 valence electrons. The maximum Gasteiger partial charge on any atom is 0.180 e. The Balaban J connectivity index is 1.79. The molecule has 4 aromatic rings. The third-order valence-corrected chi connectivity index (χ3v) is 3.38. The lowest BCUT2D eigenvalue weighted by molar-refractivity contribution is 1.09. The summed E-state index contributed by atoms with van der Waals surface area (Å²) < 4.78 is 1.98. The van der Waals surface area contributed by atoms with E-state index in [0.717, 1.165) is 28.3 Å². The van der Waals surface area contributed by atoms with Crippen LogP contribution < -0.4 is 5.32 Å². The molecule has 22 heavy (non-hydrogen) atoms. The van der Waals surface area contributed by atoms with Crippen molar-refractivity contribution in [3.63, 3.8) is 0 Å². The summed E-state index contributed by atoms with van der Waals surface area (Å²) in [6.45, 7) is 1.95. The molecule has 0 saturated carbocycles. The van der Waals surface area contributed by atoms with Crippen LogP contribution in [0.25, 0.3) is 16.9 Å². The van der Waals surface area contributed by atoms with E-state index in [0.29, 0.717) is 5.82 Å². The number of aromatic amines is 1. The van der Waals surface area contributed by atoms with Gasteiger partial charge < -0.3 is 5.32 Å². The van der Waals surface area contributed by atoms with E-state index in [1.54, 1.807) is 18.6 Å². The lowest BCUT2D eigenvalue weighted by Crippen LogP contribution is -1.99. The Hall–Kier alpha value is -3.22. The molecule has 4 rings (SSSR count). The topological polar surface area (TPSA) is 83.8 Å². The minimum absolute atomic E-state index is 0.697. The summed E-state index contributed by atoms with van der Waals surface area (Å²) >= 11 is 0. The normalized spacial score (nSPS) is 11.0. The van der Waals surface area contributed by atoms with E-state index < -0.39 is 0 Å². The Morgan fingerprint density at radius 1 is 1.14 bits per heavy atom. The van der Waals surface area contributed by atoms with E-state index in [1.807, 2.05) is 42.0 Å². The third kappa shape index (κ3) is 2.08. The quantitative estimate of drug-likeness (QED) is 0.606. The zero-order chi connectivity index (χ0) is 14.9. The summed E-state index contributed by atoms with van der Waals surface area (Å²) in [5.74, 6) is 0.697. The zero-order valence-corrected chi connectivity index (χ0v) is 11.9. The molecule has 0 aliphatic carbocycles. The molecule has 0 spiro atoms. The van der Waals surface area contributed by atoms with Gasteiger partial charge in [0.15, 0.2) is 11.5 Å². The number of hydrogen-bond donors (Lipinski definition) is 2. The second kappa shape index (κ2) is 4.96. The number of aryl methyl sites for hydroxylation is 1. The van der Waals surface area contributed by atoms with Crippen molar-refractivity contribution >= 4 is 17.2 Å². The highest BCUT2D eigenvalue weighted by Gasteiger charge is 2.11. The maximum absolute atomic E-state index is 4.47. The number of H-pyrrole nitrogens is 1. The van der Waals surface area contributed by atoms with Crippen molar-refractivity contribution in [2.75, 3.05) is 5.32 Å². The predicted octanol–water partition coefficient (Wildman–Crippen LogP) is 2.57. The largest absolute Gasteiger partial charge is 0.337 e. The summed E-state index contributed by atoms with van der Waals surface area (Å²) in [6.07, 6.45) is 10.8. The number of fused-ring (bicyclic) bond motifs is 1. The van der Waals surface area contributed by atoms with Crippen molar-refractivity contribution in [1.29, 1.82) is 0 Å². The molecule has 0 unspecified atom stereocenters. The van der Waals surface area contributed by atoms with Gasteiger partial charge in [0.2, 0.25) is 0 Å². The van der Waals surface area contributed by atoms with E-state index >= 15 is 0 Å². The molecule has 7 nitrogen and oxygen atoms in total. The number of aromatic nitrogens is 6. The number of anilines is 2. The van der Waals surface area contributed by atoms with Crippen LogP contribution in [0.3, 0.4) is 0 Å². The Bertz CT molecular complexity index is 924. The number of nitrogens with one attached hydrogen (secondary N) is 2. The first-order valence-electron chi connectivity index (χ1n) is 6.82. The van der Waals surface area contributed by atoms with Gasteiger partial charge in [0, 0.05) is 41.7 Å². The molecule has 4 heterocycles. The van der Waals surface area contributed by atoms with E-state index in [2.05, 4.69) is 30.5 Å². The molecule has 0 aliphatic heterocycles. The highest BCUT2D eigenvalue weighted by Crippen LogP contribution is 2.24. The van der Waals surface area contributed by atoms with Crippen molar-refractivity contribution < 1.29 is 0 Å². The number of imidazole rings is 1. The number of pyridine rings is 1. The molecule has 0 bridgehead atoms. The van der Waals surface area contributed by atoms with Crippen LogP contribution in [0.2, 0.25) is 0 Å². The standard InChI is InChI=1S/C15H13N7/c1-10-6-12(2-3-16-10)21-14-15-18-9-13(11-7-19-20-8-11)22(15)5-4-17-14/h2-9H,1H3,(H,19,20)(H,16,17,21). The molecular weight excluding hydrogens is 278 g/mol. The maximum atomic E-state index is 4.47. The van der Waals surface area contributed by atoms with Gasteiger partial charge in [0.25, 0.3) is 0 Å². The SMILES string of the molecule is Cc1cc(Nc2nccn3c(-c4cn[nH]c4)cnc23)ccn1. The molecule has 0 fully saturated rings. The summed E-state index contributed by atoms with van der Waals surface area (Å²) in [6, 6.07) is 3.86. The predicted molar refractivity (Wildman–Crippen MR) is 82.8 cm³/mol. The molecule has 0 saturated heterocycles. The second-order valence-corrected chi connectivity index (χ2v) is 4.91.